The highest BCUT2D eigenvalue weighted by Gasteiger charge is 2.61. The van der Waals surface area contributed by atoms with E-state index in [-0.39, 0.29) is 19.3 Å². The molecule has 5 heteroatoms. The number of aliphatic hydroxyl groups is 1. The maximum absolute atomic E-state index is 12.4. The van der Waals surface area contributed by atoms with Crippen molar-refractivity contribution in [2.24, 2.45) is 5.92 Å². The number of ketones is 1. The Morgan fingerprint density at radius 3 is 2.38 bits per heavy atom. The summed E-state index contributed by atoms with van der Waals surface area (Å²) in [5, 5.41) is 9.31. The molecule has 0 radical (unpaired) electrons. The van der Waals surface area contributed by atoms with E-state index in [0.717, 1.165) is 6.92 Å². The predicted molar refractivity (Wildman–Crippen MR) is 39.0 cm³/mol. The molecule has 0 aromatic rings. The van der Waals surface area contributed by atoms with Gasteiger partial charge in [0.15, 0.2) is 5.60 Å². The Labute approximate surface area is 73.7 Å². The highest BCUT2D eigenvalue weighted by Crippen LogP contribution is 2.46. The summed E-state index contributed by atoms with van der Waals surface area (Å²) in [6.45, 7) is 1.09. The molecule has 13 heavy (non-hydrogen) atoms. The topological polar surface area (TPSA) is 37.3 Å². The first kappa shape index (κ1) is 10.5. The second kappa shape index (κ2) is 2.97. The summed E-state index contributed by atoms with van der Waals surface area (Å²) in [6.07, 6.45) is -4.67. The summed E-state index contributed by atoms with van der Waals surface area (Å²) in [6, 6.07) is 0. The van der Waals surface area contributed by atoms with E-state index in [4.69, 9.17) is 0 Å². The number of hydrogen-bond donors (Lipinski definition) is 1. The fourth-order valence-corrected chi connectivity index (χ4v) is 1.87. The van der Waals surface area contributed by atoms with Crippen LogP contribution in [0.15, 0.2) is 0 Å². The molecule has 0 aromatic heterocycles. The second-order valence-electron chi connectivity index (χ2n) is 3.48. The first-order valence-corrected chi connectivity index (χ1v) is 4.08. The van der Waals surface area contributed by atoms with Crippen LogP contribution >= 0.6 is 0 Å². The number of rotatable bonds is 1. The van der Waals surface area contributed by atoms with E-state index in [1.165, 1.54) is 0 Å². The molecule has 2 unspecified atom stereocenters. The number of Topliss-reactive ketones (excluding diaryl/α,β-unsaturated/α-hetero) is 1. The third-order valence-electron chi connectivity index (χ3n) is 2.61. The molecule has 1 N–H and O–H groups in total. The van der Waals surface area contributed by atoms with Crippen LogP contribution in [0.25, 0.3) is 0 Å². The normalized spacial score (nSPS) is 35.0. The standard InChI is InChI=1S/C8H11F3O2/c1-5(12)6-3-2-4-7(6,13)8(9,10)11/h6,13H,2-4H2,1H3. The zero-order chi connectivity index (χ0) is 10.3. The molecule has 1 fully saturated rings. The molecule has 0 amide bonds. The van der Waals surface area contributed by atoms with Gasteiger partial charge in [0.2, 0.25) is 0 Å². The maximum atomic E-state index is 12.4. The summed E-state index contributed by atoms with van der Waals surface area (Å²) in [5.74, 6) is -1.86. The Kier molecular flexibility index (Phi) is 2.40. The van der Waals surface area contributed by atoms with Crippen molar-refractivity contribution in [3.8, 4) is 0 Å². The third-order valence-corrected chi connectivity index (χ3v) is 2.61. The molecular weight excluding hydrogens is 185 g/mol. The van der Waals surface area contributed by atoms with Gasteiger partial charge in [-0.3, -0.25) is 4.79 Å². The van der Waals surface area contributed by atoms with Crippen LogP contribution in [0.5, 0.6) is 0 Å². The first-order chi connectivity index (χ1) is 5.79. The average Bonchev–Trinajstić information content (AvgIpc) is 2.30. The highest BCUT2D eigenvalue weighted by molar-refractivity contribution is 5.80. The molecule has 0 aliphatic heterocycles. The molecule has 0 spiro atoms. The van der Waals surface area contributed by atoms with Crippen molar-refractivity contribution in [3.63, 3.8) is 0 Å². The Balaban J connectivity index is 2.95. The number of carbonyl (C=O) groups excluding carboxylic acids is 1. The second-order valence-corrected chi connectivity index (χ2v) is 3.48. The van der Waals surface area contributed by atoms with Crippen LogP contribution in [0.4, 0.5) is 13.2 Å². The number of halogens is 3. The molecule has 0 heterocycles. The quantitative estimate of drug-likeness (QED) is 0.692. The zero-order valence-corrected chi connectivity index (χ0v) is 7.19. The van der Waals surface area contributed by atoms with E-state index in [1.54, 1.807) is 0 Å². The summed E-state index contributed by atoms with van der Waals surface area (Å²) < 4.78 is 37.1. The smallest absolute Gasteiger partial charge is 0.380 e. The molecule has 0 aromatic carbocycles. The Hall–Kier alpha value is -0.580. The van der Waals surface area contributed by atoms with Crippen LogP contribution in [0.2, 0.25) is 0 Å². The summed E-state index contributed by atoms with van der Waals surface area (Å²) in [7, 11) is 0. The van der Waals surface area contributed by atoms with E-state index in [2.05, 4.69) is 0 Å². The predicted octanol–water partition coefficient (Wildman–Crippen LogP) is 1.67. The van der Waals surface area contributed by atoms with Gasteiger partial charge in [-0.25, -0.2) is 0 Å². The van der Waals surface area contributed by atoms with Gasteiger partial charge in [-0.2, -0.15) is 13.2 Å². The van der Waals surface area contributed by atoms with Crippen molar-refractivity contribution < 1.29 is 23.1 Å². The Morgan fingerprint density at radius 2 is 2.08 bits per heavy atom. The van der Waals surface area contributed by atoms with Gasteiger partial charge >= 0.3 is 6.18 Å². The van der Waals surface area contributed by atoms with Crippen molar-refractivity contribution in [2.45, 2.75) is 38.0 Å². The highest BCUT2D eigenvalue weighted by atomic mass is 19.4. The molecule has 1 rings (SSSR count). The summed E-state index contributed by atoms with van der Waals surface area (Å²) in [4.78, 5) is 10.8. The Bertz CT molecular complexity index is 224. The fourth-order valence-electron chi connectivity index (χ4n) is 1.87. The van der Waals surface area contributed by atoms with Crippen molar-refractivity contribution in [1.29, 1.82) is 0 Å². The molecule has 76 valence electrons. The van der Waals surface area contributed by atoms with Gasteiger partial charge in [-0.15, -0.1) is 0 Å². The lowest BCUT2D eigenvalue weighted by atomic mass is 9.87. The first-order valence-electron chi connectivity index (χ1n) is 4.08. The van der Waals surface area contributed by atoms with E-state index < -0.39 is 23.5 Å². The van der Waals surface area contributed by atoms with E-state index >= 15 is 0 Å². The van der Waals surface area contributed by atoms with Crippen LogP contribution in [-0.4, -0.2) is 22.7 Å². The van der Waals surface area contributed by atoms with E-state index in [1.807, 2.05) is 0 Å². The Morgan fingerprint density at radius 1 is 1.54 bits per heavy atom. The summed E-state index contributed by atoms with van der Waals surface area (Å²) >= 11 is 0. The van der Waals surface area contributed by atoms with Gasteiger partial charge in [-0.1, -0.05) is 0 Å². The molecule has 0 saturated heterocycles. The largest absolute Gasteiger partial charge is 0.417 e. The maximum Gasteiger partial charge on any atom is 0.417 e. The van der Waals surface area contributed by atoms with Crippen molar-refractivity contribution in [2.75, 3.05) is 0 Å². The van der Waals surface area contributed by atoms with Crippen LogP contribution in [0.1, 0.15) is 26.2 Å². The lowest BCUT2D eigenvalue weighted by Gasteiger charge is -2.30. The van der Waals surface area contributed by atoms with E-state index in [0.29, 0.717) is 0 Å². The molecule has 1 saturated carbocycles. The molecule has 2 atom stereocenters. The molecule has 1 aliphatic rings. The number of hydrogen-bond acceptors (Lipinski definition) is 2. The van der Waals surface area contributed by atoms with Gasteiger partial charge in [-0.05, 0) is 26.2 Å². The molecule has 2 nitrogen and oxygen atoms in total. The molecule has 0 bridgehead atoms. The van der Waals surface area contributed by atoms with Gasteiger partial charge in [0.1, 0.15) is 5.78 Å². The van der Waals surface area contributed by atoms with Gasteiger partial charge in [0.05, 0.1) is 5.92 Å². The monoisotopic (exact) mass is 196 g/mol. The lowest BCUT2D eigenvalue weighted by molar-refractivity contribution is -0.269. The minimum atomic E-state index is -4.69. The molecule has 1 aliphatic carbocycles. The van der Waals surface area contributed by atoms with Crippen LogP contribution in [0.3, 0.4) is 0 Å². The van der Waals surface area contributed by atoms with Gasteiger partial charge in [0, 0.05) is 0 Å². The SMILES string of the molecule is CC(=O)C1CCCC1(O)C(F)(F)F. The van der Waals surface area contributed by atoms with Crippen LogP contribution < -0.4 is 0 Å². The average molecular weight is 196 g/mol. The number of carbonyl (C=O) groups is 1. The minimum absolute atomic E-state index is 0.130. The van der Waals surface area contributed by atoms with Crippen LogP contribution in [0, 0.1) is 5.92 Å². The minimum Gasteiger partial charge on any atom is -0.380 e. The van der Waals surface area contributed by atoms with Crippen molar-refractivity contribution in [1.82, 2.24) is 0 Å². The van der Waals surface area contributed by atoms with Crippen molar-refractivity contribution in [3.05, 3.63) is 0 Å². The fraction of sp³-hybridized carbons (Fsp3) is 0.875. The summed E-state index contributed by atoms with van der Waals surface area (Å²) in [5.41, 5.74) is -2.78. The third kappa shape index (κ3) is 1.57. The molecular formula is C8H11F3O2. The van der Waals surface area contributed by atoms with Gasteiger partial charge in [0.25, 0.3) is 0 Å². The number of alkyl halides is 3. The zero-order valence-electron chi connectivity index (χ0n) is 7.19. The van der Waals surface area contributed by atoms with E-state index in [9.17, 15) is 23.1 Å². The van der Waals surface area contributed by atoms with Crippen LogP contribution in [-0.2, 0) is 4.79 Å². The lowest BCUT2D eigenvalue weighted by Crippen LogP contribution is -2.50. The van der Waals surface area contributed by atoms with Gasteiger partial charge < -0.3 is 5.11 Å². The van der Waals surface area contributed by atoms with Crippen molar-refractivity contribution >= 4 is 5.78 Å².